The fourth-order valence-corrected chi connectivity index (χ4v) is 1.96. The van der Waals surface area contributed by atoms with Crippen molar-refractivity contribution in [2.45, 2.75) is 40.2 Å². The molecule has 1 rings (SSSR count). The Kier molecular flexibility index (Phi) is 6.21. The van der Waals surface area contributed by atoms with Crippen LogP contribution in [0.3, 0.4) is 0 Å². The third-order valence-corrected chi connectivity index (χ3v) is 3.06. The van der Waals surface area contributed by atoms with E-state index < -0.39 is 6.04 Å². The SMILES string of the molecule is CCNc1ncnc(NC(C(=O)OC)C(C)C)c1CC. The molecule has 1 atom stereocenters. The van der Waals surface area contributed by atoms with E-state index in [0.29, 0.717) is 5.82 Å². The van der Waals surface area contributed by atoms with Crippen LogP contribution in [0.25, 0.3) is 0 Å². The van der Waals surface area contributed by atoms with Crippen LogP contribution in [0.5, 0.6) is 0 Å². The predicted molar refractivity (Wildman–Crippen MR) is 79.8 cm³/mol. The van der Waals surface area contributed by atoms with Gasteiger partial charge < -0.3 is 15.4 Å². The van der Waals surface area contributed by atoms with Gasteiger partial charge in [0, 0.05) is 12.1 Å². The fraction of sp³-hybridized carbons (Fsp3) is 0.643. The summed E-state index contributed by atoms with van der Waals surface area (Å²) in [5.41, 5.74) is 0.976. The molecule has 6 heteroatoms. The van der Waals surface area contributed by atoms with Gasteiger partial charge in [-0.15, -0.1) is 0 Å². The van der Waals surface area contributed by atoms with E-state index >= 15 is 0 Å². The average Bonchev–Trinajstić information content (AvgIpc) is 2.44. The first-order valence-electron chi connectivity index (χ1n) is 6.97. The maximum atomic E-state index is 11.8. The normalized spacial score (nSPS) is 12.1. The third-order valence-electron chi connectivity index (χ3n) is 3.06. The molecule has 112 valence electrons. The van der Waals surface area contributed by atoms with Gasteiger partial charge in [0.15, 0.2) is 0 Å². The smallest absolute Gasteiger partial charge is 0.328 e. The zero-order chi connectivity index (χ0) is 15.1. The Morgan fingerprint density at radius 3 is 2.45 bits per heavy atom. The van der Waals surface area contributed by atoms with E-state index in [9.17, 15) is 4.79 Å². The average molecular weight is 280 g/mol. The molecule has 2 N–H and O–H groups in total. The summed E-state index contributed by atoms with van der Waals surface area (Å²) in [6.07, 6.45) is 2.27. The van der Waals surface area contributed by atoms with Crippen molar-refractivity contribution >= 4 is 17.6 Å². The van der Waals surface area contributed by atoms with Crippen molar-refractivity contribution in [3.63, 3.8) is 0 Å². The summed E-state index contributed by atoms with van der Waals surface area (Å²) in [6.45, 7) is 8.76. The molecule has 20 heavy (non-hydrogen) atoms. The number of nitrogens with zero attached hydrogens (tertiary/aromatic N) is 2. The van der Waals surface area contributed by atoms with E-state index in [0.717, 1.165) is 24.3 Å². The number of hydrogen-bond donors (Lipinski definition) is 2. The lowest BCUT2D eigenvalue weighted by Gasteiger charge is -2.22. The second-order valence-electron chi connectivity index (χ2n) is 4.82. The van der Waals surface area contributed by atoms with Gasteiger partial charge >= 0.3 is 5.97 Å². The van der Waals surface area contributed by atoms with Gasteiger partial charge in [0.05, 0.1) is 7.11 Å². The first-order valence-corrected chi connectivity index (χ1v) is 6.97. The Morgan fingerprint density at radius 2 is 1.95 bits per heavy atom. The highest BCUT2D eigenvalue weighted by molar-refractivity contribution is 5.79. The van der Waals surface area contributed by atoms with Crippen molar-refractivity contribution in [3.05, 3.63) is 11.9 Å². The third kappa shape index (κ3) is 3.82. The monoisotopic (exact) mass is 280 g/mol. The van der Waals surface area contributed by atoms with Gasteiger partial charge in [-0.3, -0.25) is 0 Å². The van der Waals surface area contributed by atoms with Gasteiger partial charge in [0.25, 0.3) is 0 Å². The van der Waals surface area contributed by atoms with Crippen molar-refractivity contribution in [1.82, 2.24) is 9.97 Å². The lowest BCUT2D eigenvalue weighted by molar-refractivity contribution is -0.142. The lowest BCUT2D eigenvalue weighted by atomic mass is 10.0. The van der Waals surface area contributed by atoms with Crippen LogP contribution < -0.4 is 10.6 Å². The lowest BCUT2D eigenvalue weighted by Crippen LogP contribution is -2.36. The number of rotatable bonds is 7. The second kappa shape index (κ2) is 7.67. The molecule has 0 aliphatic rings. The van der Waals surface area contributed by atoms with Gasteiger partial charge in [-0.2, -0.15) is 0 Å². The Balaban J connectivity index is 3.06. The van der Waals surface area contributed by atoms with Crippen molar-refractivity contribution in [2.24, 2.45) is 5.92 Å². The Hall–Kier alpha value is -1.85. The Bertz CT molecular complexity index is 449. The topological polar surface area (TPSA) is 76.1 Å². The molecular formula is C14H24N4O2. The summed E-state index contributed by atoms with van der Waals surface area (Å²) in [5.74, 6) is 1.30. The van der Waals surface area contributed by atoms with Gasteiger partial charge in [-0.25, -0.2) is 14.8 Å². The number of carbonyl (C=O) groups is 1. The van der Waals surface area contributed by atoms with E-state index in [-0.39, 0.29) is 11.9 Å². The zero-order valence-corrected chi connectivity index (χ0v) is 12.9. The van der Waals surface area contributed by atoms with E-state index in [1.807, 2.05) is 27.7 Å². The van der Waals surface area contributed by atoms with Crippen molar-refractivity contribution in [1.29, 1.82) is 0 Å². The molecule has 0 spiro atoms. The number of nitrogens with one attached hydrogen (secondary N) is 2. The highest BCUT2D eigenvalue weighted by Crippen LogP contribution is 2.22. The molecule has 0 bridgehead atoms. The molecule has 0 aliphatic carbocycles. The fourth-order valence-electron chi connectivity index (χ4n) is 1.96. The summed E-state index contributed by atoms with van der Waals surface area (Å²) < 4.78 is 4.84. The van der Waals surface area contributed by atoms with Crippen molar-refractivity contribution in [3.8, 4) is 0 Å². The molecule has 0 radical (unpaired) electrons. The molecule has 1 heterocycles. The highest BCUT2D eigenvalue weighted by atomic mass is 16.5. The predicted octanol–water partition coefficient (Wildman–Crippen LogP) is 2.08. The van der Waals surface area contributed by atoms with E-state index in [1.165, 1.54) is 13.4 Å². The van der Waals surface area contributed by atoms with Crippen molar-refractivity contribution in [2.75, 3.05) is 24.3 Å². The minimum Gasteiger partial charge on any atom is -0.467 e. The molecule has 0 saturated carbocycles. The highest BCUT2D eigenvalue weighted by Gasteiger charge is 2.24. The standard InChI is InChI=1S/C14H24N4O2/c1-6-10-12(15-7-2)16-8-17-13(10)18-11(9(3)4)14(19)20-5/h8-9,11H,6-7H2,1-5H3,(H2,15,16,17,18). The number of methoxy groups -OCH3 is 1. The number of anilines is 2. The largest absolute Gasteiger partial charge is 0.467 e. The molecule has 1 aromatic heterocycles. The first-order chi connectivity index (χ1) is 9.54. The molecule has 0 aromatic carbocycles. The zero-order valence-electron chi connectivity index (χ0n) is 12.9. The second-order valence-corrected chi connectivity index (χ2v) is 4.82. The minimum atomic E-state index is -0.422. The molecule has 0 saturated heterocycles. The van der Waals surface area contributed by atoms with Crippen LogP contribution in [0.2, 0.25) is 0 Å². The van der Waals surface area contributed by atoms with E-state index in [1.54, 1.807) is 0 Å². The number of hydrogen-bond acceptors (Lipinski definition) is 6. The molecule has 0 aliphatic heterocycles. The quantitative estimate of drug-likeness (QED) is 0.745. The summed E-state index contributed by atoms with van der Waals surface area (Å²) >= 11 is 0. The van der Waals surface area contributed by atoms with Gasteiger partial charge in [0.2, 0.25) is 0 Å². The van der Waals surface area contributed by atoms with Crippen LogP contribution in [0.1, 0.15) is 33.3 Å². The summed E-state index contributed by atoms with van der Waals surface area (Å²) in [6, 6.07) is -0.422. The van der Waals surface area contributed by atoms with Gasteiger partial charge in [-0.1, -0.05) is 20.8 Å². The van der Waals surface area contributed by atoms with Crippen LogP contribution in [0.4, 0.5) is 11.6 Å². The molecule has 0 fully saturated rings. The van der Waals surface area contributed by atoms with Gasteiger partial charge in [-0.05, 0) is 19.3 Å². The van der Waals surface area contributed by atoms with Crippen molar-refractivity contribution < 1.29 is 9.53 Å². The Morgan fingerprint density at radius 1 is 1.30 bits per heavy atom. The summed E-state index contributed by atoms with van der Waals surface area (Å²) in [4.78, 5) is 20.3. The first kappa shape index (κ1) is 16.2. The molecule has 6 nitrogen and oxygen atoms in total. The van der Waals surface area contributed by atoms with Crippen LogP contribution in [-0.2, 0) is 16.0 Å². The van der Waals surface area contributed by atoms with Crippen LogP contribution >= 0.6 is 0 Å². The number of carbonyl (C=O) groups excluding carboxylic acids is 1. The van der Waals surface area contributed by atoms with E-state index in [4.69, 9.17) is 4.74 Å². The van der Waals surface area contributed by atoms with E-state index in [2.05, 4.69) is 20.6 Å². The summed E-state index contributed by atoms with van der Waals surface area (Å²) in [7, 11) is 1.39. The Labute approximate surface area is 120 Å². The van der Waals surface area contributed by atoms with Crippen LogP contribution in [0.15, 0.2) is 6.33 Å². The minimum absolute atomic E-state index is 0.102. The van der Waals surface area contributed by atoms with Crippen LogP contribution in [-0.4, -0.2) is 35.6 Å². The maximum absolute atomic E-state index is 11.8. The molecule has 1 unspecified atom stereocenters. The number of ether oxygens (including phenoxy) is 1. The number of esters is 1. The maximum Gasteiger partial charge on any atom is 0.328 e. The summed E-state index contributed by atoms with van der Waals surface area (Å²) in [5, 5.41) is 6.39. The molecular weight excluding hydrogens is 256 g/mol. The van der Waals surface area contributed by atoms with Gasteiger partial charge in [0.1, 0.15) is 24.0 Å². The number of aromatic nitrogens is 2. The molecule has 0 amide bonds. The van der Waals surface area contributed by atoms with Crippen LogP contribution in [0, 0.1) is 5.92 Å². The molecule has 1 aromatic rings.